The fourth-order valence-corrected chi connectivity index (χ4v) is 0.993. The summed E-state index contributed by atoms with van der Waals surface area (Å²) >= 11 is 5.48. The molecule has 0 aliphatic rings. The zero-order chi connectivity index (χ0) is 10.4. The first-order valence-corrected chi connectivity index (χ1v) is 4.55. The Morgan fingerprint density at radius 3 is 2.38 bits per heavy atom. The van der Waals surface area contributed by atoms with Crippen molar-refractivity contribution in [3.63, 3.8) is 0 Å². The van der Waals surface area contributed by atoms with Crippen molar-refractivity contribution in [2.45, 2.75) is 20.8 Å². The number of rotatable bonds is 1. The van der Waals surface area contributed by atoms with Gasteiger partial charge in [0.25, 0.3) is 0 Å². The number of hydrogen-bond acceptors (Lipinski definition) is 2. The van der Waals surface area contributed by atoms with Crippen molar-refractivity contribution in [2.24, 2.45) is 5.73 Å². The summed E-state index contributed by atoms with van der Waals surface area (Å²) in [4.78, 5) is 2.86. The van der Waals surface area contributed by atoms with Crippen LogP contribution in [0.4, 0.5) is 5.82 Å². The number of hydrogen-bond donors (Lipinski definition) is 3. The molecule has 4 heteroatoms. The van der Waals surface area contributed by atoms with Crippen molar-refractivity contribution in [1.29, 1.82) is 0 Å². The Hall–Kier alpha value is -1.09. The molecule has 0 saturated heterocycles. The predicted octanol–water partition coefficient (Wildman–Crippen LogP) is 2.43. The molecule has 3 nitrogen and oxygen atoms in total. The first kappa shape index (κ1) is 11.9. The van der Waals surface area contributed by atoms with Gasteiger partial charge in [-0.05, 0) is 18.6 Å². The van der Waals surface area contributed by atoms with Gasteiger partial charge in [-0.2, -0.15) is 0 Å². The van der Waals surface area contributed by atoms with Crippen LogP contribution in [0.15, 0.2) is 11.4 Å². The van der Waals surface area contributed by atoms with Crippen molar-refractivity contribution in [3.05, 3.63) is 22.5 Å². The minimum atomic E-state index is 0.236. The maximum Gasteiger partial charge on any atom is 0.108 e. The van der Waals surface area contributed by atoms with E-state index in [1.54, 1.807) is 12.3 Å². The third kappa shape index (κ3) is 3.42. The molecule has 74 valence electrons. The van der Waals surface area contributed by atoms with Gasteiger partial charge in [-0.25, -0.2) is 0 Å². The van der Waals surface area contributed by atoms with Crippen LogP contribution in [-0.2, 0) is 0 Å². The summed E-state index contributed by atoms with van der Waals surface area (Å²) < 4.78 is 0. The lowest BCUT2D eigenvalue weighted by Gasteiger charge is -1.93. The highest BCUT2D eigenvalue weighted by Gasteiger charge is 2.01. The van der Waals surface area contributed by atoms with E-state index in [-0.39, 0.29) is 5.16 Å². The molecule has 1 aromatic rings. The van der Waals surface area contributed by atoms with Crippen molar-refractivity contribution >= 4 is 23.5 Å². The monoisotopic (exact) mass is 201 g/mol. The molecule has 1 aromatic heterocycles. The van der Waals surface area contributed by atoms with Crippen molar-refractivity contribution in [1.82, 2.24) is 4.98 Å². The van der Waals surface area contributed by atoms with E-state index < -0.39 is 0 Å². The van der Waals surface area contributed by atoms with Crippen LogP contribution in [0.3, 0.4) is 0 Å². The van der Waals surface area contributed by atoms with Crippen molar-refractivity contribution < 1.29 is 0 Å². The van der Waals surface area contributed by atoms with Crippen LogP contribution >= 0.6 is 11.6 Å². The minimum absolute atomic E-state index is 0.236. The van der Waals surface area contributed by atoms with Gasteiger partial charge in [-0.3, -0.25) is 0 Å². The lowest BCUT2D eigenvalue weighted by molar-refractivity contribution is 1.39. The van der Waals surface area contributed by atoms with Crippen molar-refractivity contribution in [2.75, 3.05) is 5.73 Å². The van der Waals surface area contributed by atoms with Gasteiger partial charge in [-0.1, -0.05) is 25.4 Å². The zero-order valence-corrected chi connectivity index (χ0v) is 8.94. The first-order valence-electron chi connectivity index (χ1n) is 4.17. The second kappa shape index (κ2) is 5.54. The normalized spacial score (nSPS) is 10.6. The Bertz CT molecular complexity index is 266. The second-order valence-corrected chi connectivity index (χ2v) is 2.76. The molecule has 13 heavy (non-hydrogen) atoms. The summed E-state index contributed by atoms with van der Waals surface area (Å²) in [7, 11) is 0. The number of halogens is 1. The molecule has 0 bridgehead atoms. The molecule has 0 amide bonds. The van der Waals surface area contributed by atoms with Gasteiger partial charge in [0.05, 0.1) is 5.16 Å². The fourth-order valence-electron chi connectivity index (χ4n) is 0.883. The van der Waals surface area contributed by atoms with E-state index in [2.05, 4.69) is 4.98 Å². The van der Waals surface area contributed by atoms with Crippen LogP contribution in [-0.4, -0.2) is 4.98 Å². The highest BCUT2D eigenvalue weighted by atomic mass is 35.5. The van der Waals surface area contributed by atoms with Gasteiger partial charge in [0.1, 0.15) is 5.82 Å². The topological polar surface area (TPSA) is 67.8 Å². The molecule has 0 aliphatic carbocycles. The Morgan fingerprint density at radius 2 is 2.08 bits per heavy atom. The zero-order valence-electron chi connectivity index (χ0n) is 8.19. The van der Waals surface area contributed by atoms with Crippen LogP contribution < -0.4 is 11.5 Å². The van der Waals surface area contributed by atoms with Gasteiger partial charge in [0.2, 0.25) is 0 Å². The molecular formula is C9H16ClN3. The average molecular weight is 202 g/mol. The van der Waals surface area contributed by atoms with Gasteiger partial charge in [-0.15, -0.1) is 0 Å². The number of H-pyrrole nitrogens is 1. The second-order valence-electron chi connectivity index (χ2n) is 2.33. The Labute approximate surface area is 83.8 Å². The van der Waals surface area contributed by atoms with Crippen LogP contribution in [0.5, 0.6) is 0 Å². The molecule has 0 spiro atoms. The number of nitrogens with two attached hydrogens (primary N) is 2. The summed E-state index contributed by atoms with van der Waals surface area (Å²) in [6, 6.07) is 0. The van der Waals surface area contributed by atoms with Gasteiger partial charge in [0.15, 0.2) is 0 Å². The van der Waals surface area contributed by atoms with E-state index in [0.29, 0.717) is 5.82 Å². The minimum Gasteiger partial charge on any atom is -0.389 e. The molecule has 0 radical (unpaired) electrons. The SMILES string of the molecule is CC.Cc1c[nH]c(N)c1/C=C(\N)Cl. The molecule has 0 unspecified atom stereocenters. The molecular weight excluding hydrogens is 186 g/mol. The molecule has 0 saturated carbocycles. The lowest BCUT2D eigenvalue weighted by Crippen LogP contribution is -1.91. The third-order valence-electron chi connectivity index (χ3n) is 1.44. The van der Waals surface area contributed by atoms with Gasteiger partial charge >= 0.3 is 0 Å². The lowest BCUT2D eigenvalue weighted by atomic mass is 10.2. The summed E-state index contributed by atoms with van der Waals surface area (Å²) in [5.74, 6) is 0.589. The number of nitrogen functional groups attached to an aromatic ring is 1. The molecule has 1 heterocycles. The van der Waals surface area contributed by atoms with Crippen LogP contribution in [0.25, 0.3) is 6.08 Å². The first-order chi connectivity index (χ1) is 6.11. The predicted molar refractivity (Wildman–Crippen MR) is 59.3 cm³/mol. The summed E-state index contributed by atoms with van der Waals surface area (Å²) in [6.07, 6.45) is 3.43. The van der Waals surface area contributed by atoms with E-state index in [0.717, 1.165) is 11.1 Å². The Balaban J connectivity index is 0.000000671. The molecule has 1 rings (SSSR count). The van der Waals surface area contributed by atoms with E-state index in [1.807, 2.05) is 20.8 Å². The standard InChI is InChI=1S/C7H10ClN3.C2H6/c1-4-3-11-7(10)5(4)2-6(8)9;1-2/h2-3,11H,9-10H2,1H3;1-2H3/b6-2-;. The number of aryl methyl sites for hydroxylation is 1. The van der Waals surface area contributed by atoms with Crippen LogP contribution in [0, 0.1) is 6.92 Å². The van der Waals surface area contributed by atoms with E-state index in [1.165, 1.54) is 0 Å². The smallest absolute Gasteiger partial charge is 0.108 e. The Morgan fingerprint density at radius 1 is 1.54 bits per heavy atom. The van der Waals surface area contributed by atoms with Crippen LogP contribution in [0.1, 0.15) is 25.0 Å². The average Bonchev–Trinajstić information content (AvgIpc) is 2.39. The van der Waals surface area contributed by atoms with Gasteiger partial charge in [0, 0.05) is 11.8 Å². The molecule has 0 aromatic carbocycles. The number of aromatic amines is 1. The molecule has 0 atom stereocenters. The quantitative estimate of drug-likeness (QED) is 0.611. The number of anilines is 1. The fraction of sp³-hybridized carbons (Fsp3) is 0.333. The van der Waals surface area contributed by atoms with E-state index in [9.17, 15) is 0 Å². The summed E-state index contributed by atoms with van der Waals surface area (Å²) in [5, 5.41) is 0.236. The number of aromatic nitrogens is 1. The highest BCUT2D eigenvalue weighted by molar-refractivity contribution is 6.31. The third-order valence-corrected chi connectivity index (χ3v) is 1.55. The van der Waals surface area contributed by atoms with Gasteiger partial charge < -0.3 is 16.5 Å². The Kier molecular flexibility index (Phi) is 5.07. The molecule has 5 N–H and O–H groups in total. The highest BCUT2D eigenvalue weighted by Crippen LogP contribution is 2.18. The summed E-state index contributed by atoms with van der Waals surface area (Å²) in [6.45, 7) is 5.93. The maximum absolute atomic E-state index is 5.58. The van der Waals surface area contributed by atoms with Crippen molar-refractivity contribution in [3.8, 4) is 0 Å². The molecule has 0 aliphatic heterocycles. The van der Waals surface area contributed by atoms with E-state index in [4.69, 9.17) is 23.1 Å². The van der Waals surface area contributed by atoms with Crippen LogP contribution in [0.2, 0.25) is 0 Å². The largest absolute Gasteiger partial charge is 0.389 e. The summed E-state index contributed by atoms with van der Waals surface area (Å²) in [5.41, 5.74) is 12.7. The number of nitrogens with one attached hydrogen (secondary N) is 1. The maximum atomic E-state index is 5.58. The molecule has 0 fully saturated rings. The van der Waals surface area contributed by atoms with E-state index >= 15 is 0 Å².